The van der Waals surface area contributed by atoms with Crippen molar-refractivity contribution in [3.8, 4) is 0 Å². The van der Waals surface area contributed by atoms with Crippen LogP contribution in [0.3, 0.4) is 0 Å². The summed E-state index contributed by atoms with van der Waals surface area (Å²) in [5.41, 5.74) is -0.357. The average Bonchev–Trinajstić information content (AvgIpc) is 2.41. The first-order valence-corrected chi connectivity index (χ1v) is 7.03. The molecule has 1 aliphatic heterocycles. The minimum absolute atomic E-state index is 0.149. The summed E-state index contributed by atoms with van der Waals surface area (Å²) in [4.78, 5) is 25.8. The van der Waals surface area contributed by atoms with E-state index in [1.54, 1.807) is 4.90 Å². The first-order valence-electron chi connectivity index (χ1n) is 7.03. The van der Waals surface area contributed by atoms with Crippen LogP contribution in [0, 0.1) is 17.3 Å². The fraction of sp³-hybridized carbons (Fsp3) is 0.867. The number of likely N-dealkylation sites (tertiary alicyclic amines) is 1. The van der Waals surface area contributed by atoms with E-state index in [4.69, 9.17) is 0 Å². The van der Waals surface area contributed by atoms with Crippen LogP contribution < -0.4 is 0 Å². The quantitative estimate of drug-likeness (QED) is 0.775. The van der Waals surface area contributed by atoms with Crippen molar-refractivity contribution in [3.63, 3.8) is 0 Å². The maximum Gasteiger partial charge on any atom is 0.222 e. The average molecular weight is 253 g/mol. The number of rotatable bonds is 3. The fourth-order valence-corrected chi connectivity index (χ4v) is 2.30. The Hall–Kier alpha value is -0.860. The van der Waals surface area contributed by atoms with Crippen LogP contribution in [0.15, 0.2) is 0 Å². The van der Waals surface area contributed by atoms with Gasteiger partial charge in [-0.25, -0.2) is 0 Å². The van der Waals surface area contributed by atoms with E-state index in [1.165, 1.54) is 0 Å². The standard InChI is InChI=1S/C15H27NO2/c1-11(2)12-6-7-14(18)16(9-8-12)10-13(17)15(3,4)5/h11-12H,6-10H2,1-5H3. The zero-order chi connectivity index (χ0) is 13.9. The predicted molar refractivity (Wildman–Crippen MR) is 73.2 cm³/mol. The Balaban J connectivity index is 2.62. The molecular weight excluding hydrogens is 226 g/mol. The zero-order valence-corrected chi connectivity index (χ0v) is 12.5. The lowest BCUT2D eigenvalue weighted by Gasteiger charge is -2.25. The molecule has 0 N–H and O–H groups in total. The number of nitrogens with zero attached hydrogens (tertiary/aromatic N) is 1. The van der Waals surface area contributed by atoms with Crippen molar-refractivity contribution in [2.45, 2.75) is 53.9 Å². The molecule has 3 nitrogen and oxygen atoms in total. The molecule has 0 spiro atoms. The summed E-state index contributed by atoms with van der Waals surface area (Å²) in [6, 6.07) is 0. The summed E-state index contributed by atoms with van der Waals surface area (Å²) in [7, 11) is 0. The van der Waals surface area contributed by atoms with Crippen LogP contribution in [-0.2, 0) is 9.59 Å². The van der Waals surface area contributed by atoms with Crippen LogP contribution in [-0.4, -0.2) is 29.7 Å². The van der Waals surface area contributed by atoms with Crippen LogP contribution in [0.5, 0.6) is 0 Å². The van der Waals surface area contributed by atoms with Gasteiger partial charge in [0.1, 0.15) is 0 Å². The first-order chi connectivity index (χ1) is 8.21. The van der Waals surface area contributed by atoms with Crippen LogP contribution in [0.1, 0.15) is 53.9 Å². The Bertz CT molecular complexity index is 315. The fourth-order valence-electron chi connectivity index (χ4n) is 2.30. The Kier molecular flexibility index (Phi) is 4.94. The number of hydrogen-bond donors (Lipinski definition) is 0. The summed E-state index contributed by atoms with van der Waals surface area (Å²) in [6.45, 7) is 11.2. The molecule has 0 aromatic heterocycles. The van der Waals surface area contributed by atoms with Gasteiger partial charge in [-0.15, -0.1) is 0 Å². The Morgan fingerprint density at radius 1 is 1.33 bits per heavy atom. The number of Topliss-reactive ketones (excluding diaryl/α,β-unsaturated/α-hetero) is 1. The SMILES string of the molecule is CC(C)C1CCC(=O)N(CC(=O)C(C)(C)C)CC1. The molecular formula is C15H27NO2. The van der Waals surface area contributed by atoms with Crippen molar-refractivity contribution in [3.05, 3.63) is 0 Å². The van der Waals surface area contributed by atoms with Crippen LogP contribution in [0.4, 0.5) is 0 Å². The molecule has 0 aromatic carbocycles. The van der Waals surface area contributed by atoms with Gasteiger partial charge >= 0.3 is 0 Å². The highest BCUT2D eigenvalue weighted by molar-refractivity contribution is 5.89. The van der Waals surface area contributed by atoms with Gasteiger partial charge in [-0.1, -0.05) is 34.6 Å². The lowest BCUT2D eigenvalue weighted by atomic mass is 9.89. The van der Waals surface area contributed by atoms with Crippen molar-refractivity contribution < 1.29 is 9.59 Å². The van der Waals surface area contributed by atoms with Gasteiger partial charge in [0.25, 0.3) is 0 Å². The molecule has 1 unspecified atom stereocenters. The molecule has 1 fully saturated rings. The van der Waals surface area contributed by atoms with Gasteiger partial charge in [-0.2, -0.15) is 0 Å². The predicted octanol–water partition coefficient (Wildman–Crippen LogP) is 2.89. The maximum atomic E-state index is 12.0. The van der Waals surface area contributed by atoms with Gasteiger partial charge in [0.2, 0.25) is 5.91 Å². The second kappa shape index (κ2) is 5.85. The van der Waals surface area contributed by atoms with Gasteiger partial charge in [0, 0.05) is 18.4 Å². The summed E-state index contributed by atoms with van der Waals surface area (Å²) < 4.78 is 0. The molecule has 1 heterocycles. The Morgan fingerprint density at radius 2 is 1.94 bits per heavy atom. The smallest absolute Gasteiger partial charge is 0.222 e. The molecule has 0 aliphatic carbocycles. The second-order valence-corrected chi connectivity index (χ2v) is 6.82. The third-order valence-electron chi connectivity index (χ3n) is 3.97. The van der Waals surface area contributed by atoms with E-state index in [0.29, 0.717) is 18.3 Å². The molecule has 18 heavy (non-hydrogen) atoms. The summed E-state index contributed by atoms with van der Waals surface area (Å²) >= 11 is 0. The van der Waals surface area contributed by atoms with E-state index in [-0.39, 0.29) is 23.7 Å². The summed E-state index contributed by atoms with van der Waals surface area (Å²) in [5.74, 6) is 1.54. The van der Waals surface area contributed by atoms with Gasteiger partial charge in [0.05, 0.1) is 6.54 Å². The Morgan fingerprint density at radius 3 is 2.44 bits per heavy atom. The number of amides is 1. The monoisotopic (exact) mass is 253 g/mol. The van der Waals surface area contributed by atoms with E-state index in [1.807, 2.05) is 20.8 Å². The van der Waals surface area contributed by atoms with Crippen LogP contribution in [0.2, 0.25) is 0 Å². The highest BCUT2D eigenvalue weighted by Gasteiger charge is 2.29. The Labute approximate surface area is 111 Å². The lowest BCUT2D eigenvalue weighted by molar-refractivity contribution is -0.137. The summed E-state index contributed by atoms with van der Waals surface area (Å²) in [5, 5.41) is 0. The molecule has 1 aliphatic rings. The highest BCUT2D eigenvalue weighted by Crippen LogP contribution is 2.25. The van der Waals surface area contributed by atoms with Gasteiger partial charge in [-0.05, 0) is 24.7 Å². The molecule has 1 rings (SSSR count). The van der Waals surface area contributed by atoms with Crippen molar-refractivity contribution >= 4 is 11.7 Å². The van der Waals surface area contributed by atoms with Crippen LogP contribution >= 0.6 is 0 Å². The van der Waals surface area contributed by atoms with Crippen molar-refractivity contribution in [1.82, 2.24) is 4.90 Å². The summed E-state index contributed by atoms with van der Waals surface area (Å²) in [6.07, 6.45) is 2.60. The van der Waals surface area contributed by atoms with E-state index in [0.717, 1.165) is 19.4 Å². The first kappa shape index (κ1) is 15.2. The van der Waals surface area contributed by atoms with Crippen molar-refractivity contribution in [2.75, 3.05) is 13.1 Å². The number of hydrogen-bond acceptors (Lipinski definition) is 2. The zero-order valence-electron chi connectivity index (χ0n) is 12.5. The molecule has 3 heteroatoms. The van der Waals surface area contributed by atoms with E-state index in [9.17, 15) is 9.59 Å². The van der Waals surface area contributed by atoms with E-state index < -0.39 is 0 Å². The van der Waals surface area contributed by atoms with Crippen molar-refractivity contribution in [1.29, 1.82) is 0 Å². The molecule has 0 saturated carbocycles. The van der Waals surface area contributed by atoms with Crippen molar-refractivity contribution in [2.24, 2.45) is 17.3 Å². The van der Waals surface area contributed by atoms with Crippen LogP contribution in [0.25, 0.3) is 0 Å². The number of carbonyl (C=O) groups is 2. The third kappa shape index (κ3) is 4.11. The topological polar surface area (TPSA) is 37.4 Å². The lowest BCUT2D eigenvalue weighted by Crippen LogP contribution is -2.39. The minimum Gasteiger partial charge on any atom is -0.335 e. The molecule has 104 valence electrons. The van der Waals surface area contributed by atoms with E-state index >= 15 is 0 Å². The van der Waals surface area contributed by atoms with Gasteiger partial charge in [0.15, 0.2) is 5.78 Å². The van der Waals surface area contributed by atoms with Gasteiger partial charge in [-0.3, -0.25) is 9.59 Å². The number of carbonyl (C=O) groups excluding carboxylic acids is 2. The molecule has 1 saturated heterocycles. The van der Waals surface area contributed by atoms with E-state index in [2.05, 4.69) is 13.8 Å². The largest absolute Gasteiger partial charge is 0.335 e. The molecule has 0 radical (unpaired) electrons. The van der Waals surface area contributed by atoms with Gasteiger partial charge < -0.3 is 4.90 Å². The normalized spacial score (nSPS) is 22.2. The minimum atomic E-state index is -0.357. The highest BCUT2D eigenvalue weighted by atomic mass is 16.2. The maximum absolute atomic E-state index is 12.0. The second-order valence-electron chi connectivity index (χ2n) is 6.82. The molecule has 1 atom stereocenters. The number of ketones is 1. The molecule has 0 aromatic rings. The third-order valence-corrected chi connectivity index (χ3v) is 3.97. The molecule has 1 amide bonds. The molecule has 0 bridgehead atoms.